The van der Waals surface area contributed by atoms with Gasteiger partial charge >= 0.3 is 0 Å². The van der Waals surface area contributed by atoms with Crippen molar-refractivity contribution in [1.29, 1.82) is 0 Å². The highest BCUT2D eigenvalue weighted by Crippen LogP contribution is 2.35. The van der Waals surface area contributed by atoms with Crippen molar-refractivity contribution in [3.63, 3.8) is 0 Å². The van der Waals surface area contributed by atoms with Gasteiger partial charge in [0.1, 0.15) is 12.4 Å². The number of anilines is 2. The summed E-state index contributed by atoms with van der Waals surface area (Å²) in [4.78, 5) is 12.4. The molecule has 0 saturated carbocycles. The van der Waals surface area contributed by atoms with Gasteiger partial charge in [0.2, 0.25) is 10.0 Å². The lowest BCUT2D eigenvalue weighted by molar-refractivity contribution is 0.102. The molecule has 2 aromatic rings. The second kappa shape index (κ2) is 6.16. The maximum Gasteiger partial charge on any atom is 0.255 e. The maximum atomic E-state index is 12.4. The Kier molecular flexibility index (Phi) is 4.19. The van der Waals surface area contributed by atoms with E-state index in [0.717, 1.165) is 11.8 Å². The average molecular weight is 346 g/mol. The summed E-state index contributed by atoms with van der Waals surface area (Å²) in [6, 6.07) is 12.3. The summed E-state index contributed by atoms with van der Waals surface area (Å²) in [5.41, 5.74) is 2.40. The number of hydrogen-bond acceptors (Lipinski definition) is 4. The summed E-state index contributed by atoms with van der Waals surface area (Å²) in [5, 5.41) is 2.81. The number of ether oxygens (including phenoxy) is 1. The van der Waals surface area contributed by atoms with Crippen LogP contribution in [-0.4, -0.2) is 33.7 Å². The van der Waals surface area contributed by atoms with E-state index in [2.05, 4.69) is 5.32 Å². The summed E-state index contributed by atoms with van der Waals surface area (Å²) in [6.45, 7) is 2.41. The third-order valence-corrected chi connectivity index (χ3v) is 5.01. The van der Waals surface area contributed by atoms with Gasteiger partial charge in [0.05, 0.1) is 18.5 Å². The Hall–Kier alpha value is -2.54. The van der Waals surface area contributed by atoms with Gasteiger partial charge in [0.15, 0.2) is 0 Å². The van der Waals surface area contributed by atoms with Gasteiger partial charge < -0.3 is 10.1 Å². The van der Waals surface area contributed by atoms with Crippen LogP contribution in [0.25, 0.3) is 0 Å². The van der Waals surface area contributed by atoms with Crippen LogP contribution in [0.2, 0.25) is 0 Å². The van der Waals surface area contributed by atoms with Crippen molar-refractivity contribution in [3.8, 4) is 5.75 Å². The van der Waals surface area contributed by atoms with Crippen LogP contribution >= 0.6 is 0 Å². The Morgan fingerprint density at radius 2 is 1.96 bits per heavy atom. The number of hydrogen-bond donors (Lipinski definition) is 1. The Bertz CT molecular complexity index is 893. The van der Waals surface area contributed by atoms with Crippen molar-refractivity contribution in [2.24, 2.45) is 0 Å². The molecular weight excluding hydrogens is 328 g/mol. The number of aryl methyl sites for hydroxylation is 1. The van der Waals surface area contributed by atoms with Crippen LogP contribution in [0.3, 0.4) is 0 Å². The second-order valence-corrected chi connectivity index (χ2v) is 7.54. The number of fused-ring (bicyclic) bond motifs is 1. The molecule has 6 nitrogen and oxygen atoms in total. The molecule has 0 aliphatic carbocycles. The Labute approximate surface area is 141 Å². The molecule has 1 aliphatic heterocycles. The van der Waals surface area contributed by atoms with E-state index in [-0.39, 0.29) is 12.5 Å². The molecule has 0 unspecified atom stereocenters. The van der Waals surface area contributed by atoms with E-state index < -0.39 is 10.0 Å². The van der Waals surface area contributed by atoms with Crippen LogP contribution in [0.5, 0.6) is 5.75 Å². The summed E-state index contributed by atoms with van der Waals surface area (Å²) < 4.78 is 30.6. The van der Waals surface area contributed by atoms with Crippen LogP contribution < -0.4 is 14.4 Å². The van der Waals surface area contributed by atoms with E-state index in [4.69, 9.17) is 4.74 Å². The van der Waals surface area contributed by atoms with Crippen LogP contribution in [-0.2, 0) is 10.0 Å². The smallest absolute Gasteiger partial charge is 0.255 e. The van der Waals surface area contributed by atoms with Gasteiger partial charge in [-0.25, -0.2) is 8.42 Å². The molecule has 0 radical (unpaired) electrons. The van der Waals surface area contributed by atoms with E-state index in [9.17, 15) is 13.2 Å². The average Bonchev–Trinajstić information content (AvgIpc) is 2.53. The van der Waals surface area contributed by atoms with E-state index in [1.807, 2.05) is 19.1 Å². The van der Waals surface area contributed by atoms with Crippen molar-refractivity contribution < 1.29 is 17.9 Å². The first-order chi connectivity index (χ1) is 11.4. The number of nitrogens with zero attached hydrogens (tertiary/aromatic N) is 1. The van der Waals surface area contributed by atoms with Gasteiger partial charge in [0.25, 0.3) is 5.91 Å². The summed E-state index contributed by atoms with van der Waals surface area (Å²) in [5.74, 6) is 0.247. The number of sulfonamides is 1. The zero-order valence-corrected chi connectivity index (χ0v) is 14.3. The Morgan fingerprint density at radius 1 is 1.21 bits per heavy atom. The molecule has 0 saturated heterocycles. The fraction of sp³-hybridized carbons (Fsp3) is 0.235. The number of carbonyl (C=O) groups excluding carboxylic acids is 1. The van der Waals surface area contributed by atoms with Crippen LogP contribution in [0.15, 0.2) is 42.5 Å². The molecule has 0 bridgehead atoms. The van der Waals surface area contributed by atoms with Crippen molar-refractivity contribution in [1.82, 2.24) is 0 Å². The van der Waals surface area contributed by atoms with Gasteiger partial charge in [-0.3, -0.25) is 9.10 Å². The normalized spacial score (nSPS) is 13.8. The molecule has 1 aliphatic rings. The molecule has 1 N–H and O–H groups in total. The minimum absolute atomic E-state index is 0.240. The number of nitrogens with one attached hydrogen (secondary N) is 1. The number of carbonyl (C=O) groups is 1. The molecule has 0 fully saturated rings. The minimum atomic E-state index is -3.40. The lowest BCUT2D eigenvalue weighted by Crippen LogP contribution is -2.37. The second-order valence-electron chi connectivity index (χ2n) is 5.64. The van der Waals surface area contributed by atoms with Crippen LogP contribution in [0.4, 0.5) is 11.4 Å². The first kappa shape index (κ1) is 16.3. The third kappa shape index (κ3) is 3.21. The van der Waals surface area contributed by atoms with Crippen molar-refractivity contribution >= 4 is 27.3 Å². The number of rotatable bonds is 3. The van der Waals surface area contributed by atoms with E-state index in [1.165, 1.54) is 4.31 Å². The van der Waals surface area contributed by atoms with E-state index in [1.54, 1.807) is 30.3 Å². The predicted molar refractivity (Wildman–Crippen MR) is 93.3 cm³/mol. The monoisotopic (exact) mass is 346 g/mol. The molecule has 1 amide bonds. The van der Waals surface area contributed by atoms with Gasteiger partial charge in [0, 0.05) is 11.3 Å². The van der Waals surface area contributed by atoms with Crippen LogP contribution in [0.1, 0.15) is 15.9 Å². The lowest BCUT2D eigenvalue weighted by atomic mass is 10.1. The van der Waals surface area contributed by atoms with Crippen molar-refractivity contribution in [2.75, 3.05) is 29.0 Å². The van der Waals surface area contributed by atoms with Gasteiger partial charge in [-0.15, -0.1) is 0 Å². The SMILES string of the molecule is Cc1ccccc1C(=O)Nc1ccc2c(c1)N(S(C)(=O)=O)CCO2. The third-order valence-electron chi connectivity index (χ3n) is 3.83. The zero-order chi connectivity index (χ0) is 17.3. The highest BCUT2D eigenvalue weighted by Gasteiger charge is 2.25. The number of amides is 1. The molecule has 126 valence electrons. The molecular formula is C17H18N2O4S. The molecule has 24 heavy (non-hydrogen) atoms. The zero-order valence-electron chi connectivity index (χ0n) is 13.4. The van der Waals surface area contributed by atoms with Gasteiger partial charge in [-0.05, 0) is 36.8 Å². The largest absolute Gasteiger partial charge is 0.489 e. The van der Waals surface area contributed by atoms with Gasteiger partial charge in [-0.1, -0.05) is 18.2 Å². The number of benzene rings is 2. The van der Waals surface area contributed by atoms with Crippen molar-refractivity contribution in [3.05, 3.63) is 53.6 Å². The van der Waals surface area contributed by atoms with Gasteiger partial charge in [-0.2, -0.15) is 0 Å². The van der Waals surface area contributed by atoms with E-state index in [0.29, 0.717) is 29.3 Å². The standard InChI is InChI=1S/C17H18N2O4S/c1-12-5-3-4-6-14(12)17(20)18-13-7-8-16-15(11-13)19(9-10-23-16)24(2,21)22/h3-8,11H,9-10H2,1-2H3,(H,18,20). The molecule has 1 heterocycles. The molecule has 3 rings (SSSR count). The first-order valence-electron chi connectivity index (χ1n) is 7.48. The topological polar surface area (TPSA) is 75.7 Å². The summed E-state index contributed by atoms with van der Waals surface area (Å²) >= 11 is 0. The highest BCUT2D eigenvalue weighted by atomic mass is 32.2. The fourth-order valence-corrected chi connectivity index (χ4v) is 3.55. The molecule has 0 atom stereocenters. The van der Waals surface area contributed by atoms with E-state index >= 15 is 0 Å². The first-order valence-corrected chi connectivity index (χ1v) is 9.32. The molecule has 2 aromatic carbocycles. The highest BCUT2D eigenvalue weighted by molar-refractivity contribution is 7.92. The maximum absolute atomic E-state index is 12.4. The lowest BCUT2D eigenvalue weighted by Gasteiger charge is -2.29. The summed E-state index contributed by atoms with van der Waals surface area (Å²) in [6.07, 6.45) is 1.15. The minimum Gasteiger partial charge on any atom is -0.489 e. The summed E-state index contributed by atoms with van der Waals surface area (Å²) in [7, 11) is -3.40. The quantitative estimate of drug-likeness (QED) is 0.926. The fourth-order valence-electron chi connectivity index (χ4n) is 2.64. The predicted octanol–water partition coefficient (Wildman–Crippen LogP) is 2.41. The molecule has 0 spiro atoms. The Morgan fingerprint density at radius 3 is 2.67 bits per heavy atom. The molecule has 0 aromatic heterocycles. The van der Waals surface area contributed by atoms with Crippen molar-refractivity contribution in [2.45, 2.75) is 6.92 Å². The van der Waals surface area contributed by atoms with Crippen LogP contribution in [0, 0.1) is 6.92 Å². The molecule has 7 heteroatoms. The Balaban J connectivity index is 1.91.